The first-order valence-electron chi connectivity index (χ1n) is 7.05. The van der Waals surface area contributed by atoms with E-state index in [9.17, 15) is 0 Å². The molecule has 0 bridgehead atoms. The number of hydrogen-bond acceptors (Lipinski definition) is 2. The molecular formula is C17H27NO. The van der Waals surface area contributed by atoms with Crippen LogP contribution in [-0.2, 0) is 11.2 Å². The average Bonchev–Trinajstić information content (AvgIpc) is 2.38. The first kappa shape index (κ1) is 15.9. The van der Waals surface area contributed by atoms with Crippen molar-refractivity contribution in [3.8, 4) is 0 Å². The zero-order chi connectivity index (χ0) is 14.1. The van der Waals surface area contributed by atoms with Crippen molar-refractivity contribution in [1.82, 2.24) is 5.32 Å². The topological polar surface area (TPSA) is 21.3 Å². The number of ether oxygens (including phenoxy) is 1. The van der Waals surface area contributed by atoms with Gasteiger partial charge in [0.2, 0.25) is 0 Å². The highest BCUT2D eigenvalue weighted by atomic mass is 16.5. The van der Waals surface area contributed by atoms with Gasteiger partial charge in [-0.25, -0.2) is 0 Å². The molecule has 2 heteroatoms. The Bertz CT molecular complexity index is 410. The highest BCUT2D eigenvalue weighted by Crippen LogP contribution is 2.13. The molecule has 0 aliphatic heterocycles. The molecule has 0 heterocycles. The van der Waals surface area contributed by atoms with Crippen molar-refractivity contribution in [3.63, 3.8) is 0 Å². The molecule has 0 amide bonds. The Balaban J connectivity index is 2.32. The number of hydrogen-bond donors (Lipinski definition) is 1. The second-order valence-electron chi connectivity index (χ2n) is 5.18. The molecule has 0 radical (unpaired) electrons. The number of benzene rings is 1. The molecule has 1 aromatic rings. The zero-order valence-electron chi connectivity index (χ0n) is 12.8. The smallest absolute Gasteiger partial charge is 0.0587 e. The van der Waals surface area contributed by atoms with Crippen molar-refractivity contribution < 1.29 is 4.74 Å². The third-order valence-electron chi connectivity index (χ3n) is 3.35. The van der Waals surface area contributed by atoms with Crippen molar-refractivity contribution in [2.45, 2.75) is 33.6 Å². The van der Waals surface area contributed by atoms with Gasteiger partial charge < -0.3 is 10.1 Å². The van der Waals surface area contributed by atoms with Gasteiger partial charge in [0, 0.05) is 13.7 Å². The standard InChI is InChI=1S/C17H27NO/c1-14(6-5-9-18-10-11-19-4)12-17-8-7-15(2)16(3)13-17/h6-8,13,18H,5,9-12H2,1-4H3. The second kappa shape index (κ2) is 8.89. The van der Waals surface area contributed by atoms with Crippen LogP contribution in [0.2, 0.25) is 0 Å². The van der Waals surface area contributed by atoms with Crippen LogP contribution in [-0.4, -0.2) is 26.8 Å². The fourth-order valence-electron chi connectivity index (χ4n) is 2.03. The number of nitrogens with one attached hydrogen (secondary N) is 1. The van der Waals surface area contributed by atoms with Gasteiger partial charge >= 0.3 is 0 Å². The van der Waals surface area contributed by atoms with Crippen molar-refractivity contribution in [1.29, 1.82) is 0 Å². The lowest BCUT2D eigenvalue weighted by molar-refractivity contribution is 0.199. The van der Waals surface area contributed by atoms with Crippen LogP contribution in [0.25, 0.3) is 0 Å². The summed E-state index contributed by atoms with van der Waals surface area (Å²) >= 11 is 0. The van der Waals surface area contributed by atoms with Gasteiger partial charge in [-0.2, -0.15) is 0 Å². The van der Waals surface area contributed by atoms with Gasteiger partial charge in [0.05, 0.1) is 6.61 Å². The highest BCUT2D eigenvalue weighted by Gasteiger charge is 1.98. The molecule has 0 fully saturated rings. The second-order valence-corrected chi connectivity index (χ2v) is 5.18. The first-order valence-corrected chi connectivity index (χ1v) is 7.05. The summed E-state index contributed by atoms with van der Waals surface area (Å²) in [6, 6.07) is 6.74. The van der Waals surface area contributed by atoms with E-state index in [2.05, 4.69) is 50.4 Å². The van der Waals surface area contributed by atoms with E-state index in [1.165, 1.54) is 22.3 Å². The quantitative estimate of drug-likeness (QED) is 0.572. The molecule has 1 N–H and O–H groups in total. The summed E-state index contributed by atoms with van der Waals surface area (Å²) in [7, 11) is 1.73. The molecule has 1 aromatic carbocycles. The lowest BCUT2D eigenvalue weighted by Gasteiger charge is -2.06. The Morgan fingerprint density at radius 2 is 2.00 bits per heavy atom. The third kappa shape index (κ3) is 6.55. The number of aryl methyl sites for hydroxylation is 2. The molecule has 0 unspecified atom stereocenters. The number of rotatable bonds is 8. The molecule has 19 heavy (non-hydrogen) atoms. The van der Waals surface area contributed by atoms with Crippen molar-refractivity contribution in [2.75, 3.05) is 26.8 Å². The predicted molar refractivity (Wildman–Crippen MR) is 82.7 cm³/mol. The van der Waals surface area contributed by atoms with E-state index in [1.807, 2.05) is 0 Å². The van der Waals surface area contributed by atoms with E-state index in [1.54, 1.807) is 7.11 Å². The molecule has 0 atom stereocenters. The minimum absolute atomic E-state index is 0.783. The number of methoxy groups -OCH3 is 1. The molecule has 0 aliphatic rings. The Morgan fingerprint density at radius 3 is 2.68 bits per heavy atom. The van der Waals surface area contributed by atoms with Crippen LogP contribution in [0.5, 0.6) is 0 Å². The molecule has 106 valence electrons. The van der Waals surface area contributed by atoms with Crippen LogP contribution in [0.15, 0.2) is 29.8 Å². The zero-order valence-corrected chi connectivity index (χ0v) is 12.8. The van der Waals surface area contributed by atoms with Gasteiger partial charge in [-0.05, 0) is 56.8 Å². The van der Waals surface area contributed by atoms with Crippen molar-refractivity contribution in [2.24, 2.45) is 0 Å². The maximum atomic E-state index is 4.99. The lowest BCUT2D eigenvalue weighted by atomic mass is 10.0. The van der Waals surface area contributed by atoms with E-state index in [4.69, 9.17) is 4.74 Å². The normalized spacial score (nSPS) is 11.9. The molecule has 0 aliphatic carbocycles. The van der Waals surface area contributed by atoms with Crippen LogP contribution >= 0.6 is 0 Å². The van der Waals surface area contributed by atoms with Gasteiger partial charge in [0.25, 0.3) is 0 Å². The molecule has 0 spiro atoms. The fraction of sp³-hybridized carbons (Fsp3) is 0.529. The Labute approximate surface area is 117 Å². The molecule has 1 rings (SSSR count). The van der Waals surface area contributed by atoms with Gasteiger partial charge in [0.15, 0.2) is 0 Å². The Kier molecular flexibility index (Phi) is 7.46. The maximum Gasteiger partial charge on any atom is 0.0587 e. The summed E-state index contributed by atoms with van der Waals surface area (Å²) in [5.41, 5.74) is 5.60. The summed E-state index contributed by atoms with van der Waals surface area (Å²) in [5, 5.41) is 3.35. The Morgan fingerprint density at radius 1 is 1.21 bits per heavy atom. The van der Waals surface area contributed by atoms with E-state index in [0.29, 0.717) is 0 Å². The number of allylic oxidation sites excluding steroid dienone is 1. The predicted octanol–water partition coefficient (Wildman–Crippen LogP) is 3.42. The van der Waals surface area contributed by atoms with Crippen LogP contribution in [0.3, 0.4) is 0 Å². The molecule has 0 aromatic heterocycles. The molecule has 0 saturated carbocycles. The van der Waals surface area contributed by atoms with Crippen LogP contribution in [0.1, 0.15) is 30.0 Å². The maximum absolute atomic E-state index is 4.99. The molecule has 2 nitrogen and oxygen atoms in total. The van der Waals surface area contributed by atoms with E-state index in [-0.39, 0.29) is 0 Å². The summed E-state index contributed by atoms with van der Waals surface area (Å²) in [6.45, 7) is 9.29. The van der Waals surface area contributed by atoms with E-state index in [0.717, 1.165) is 32.5 Å². The van der Waals surface area contributed by atoms with Crippen LogP contribution in [0.4, 0.5) is 0 Å². The summed E-state index contributed by atoms with van der Waals surface area (Å²) in [5.74, 6) is 0. The monoisotopic (exact) mass is 261 g/mol. The average molecular weight is 261 g/mol. The van der Waals surface area contributed by atoms with Gasteiger partial charge in [-0.3, -0.25) is 0 Å². The van der Waals surface area contributed by atoms with Crippen molar-refractivity contribution >= 4 is 0 Å². The van der Waals surface area contributed by atoms with E-state index >= 15 is 0 Å². The first-order chi connectivity index (χ1) is 9.13. The van der Waals surface area contributed by atoms with Gasteiger partial charge in [0.1, 0.15) is 0 Å². The summed E-state index contributed by atoms with van der Waals surface area (Å²) < 4.78 is 4.99. The summed E-state index contributed by atoms with van der Waals surface area (Å²) in [4.78, 5) is 0. The van der Waals surface area contributed by atoms with E-state index < -0.39 is 0 Å². The van der Waals surface area contributed by atoms with Gasteiger partial charge in [-0.1, -0.05) is 29.8 Å². The van der Waals surface area contributed by atoms with Crippen molar-refractivity contribution in [3.05, 3.63) is 46.5 Å². The van der Waals surface area contributed by atoms with Crippen LogP contribution in [0, 0.1) is 13.8 Å². The summed E-state index contributed by atoms with van der Waals surface area (Å²) in [6.07, 6.45) is 4.47. The fourth-order valence-corrected chi connectivity index (χ4v) is 2.03. The minimum Gasteiger partial charge on any atom is -0.383 e. The SMILES string of the molecule is COCCNCCC=C(C)Cc1ccc(C)c(C)c1. The highest BCUT2D eigenvalue weighted by molar-refractivity contribution is 5.32. The minimum atomic E-state index is 0.783. The molecular weight excluding hydrogens is 234 g/mol. The largest absolute Gasteiger partial charge is 0.383 e. The third-order valence-corrected chi connectivity index (χ3v) is 3.35. The Hall–Kier alpha value is -1.12. The van der Waals surface area contributed by atoms with Gasteiger partial charge in [-0.15, -0.1) is 0 Å². The molecule has 0 saturated heterocycles. The van der Waals surface area contributed by atoms with Crippen LogP contribution < -0.4 is 5.32 Å². The lowest BCUT2D eigenvalue weighted by Crippen LogP contribution is -2.19.